The van der Waals surface area contributed by atoms with Crippen molar-refractivity contribution in [1.29, 1.82) is 5.26 Å². The molecule has 2 N–H and O–H groups in total. The van der Waals surface area contributed by atoms with Gasteiger partial charge in [0.15, 0.2) is 0 Å². The van der Waals surface area contributed by atoms with E-state index in [0.717, 1.165) is 4.31 Å². The fourth-order valence-corrected chi connectivity index (χ4v) is 5.79. The minimum atomic E-state index is -3.99. The van der Waals surface area contributed by atoms with Crippen LogP contribution < -0.4 is 10.2 Å². The summed E-state index contributed by atoms with van der Waals surface area (Å²) < 4.78 is 39.1. The van der Waals surface area contributed by atoms with Crippen LogP contribution in [0.5, 0.6) is 11.5 Å². The highest BCUT2D eigenvalue weighted by molar-refractivity contribution is 7.89. The minimum Gasteiger partial charge on any atom is -0.457 e. The molecule has 9 nitrogen and oxygen atoms in total. The van der Waals surface area contributed by atoms with Crippen molar-refractivity contribution in [3.05, 3.63) is 54.1 Å². The summed E-state index contributed by atoms with van der Waals surface area (Å²) in [7, 11) is -3.99. The highest BCUT2D eigenvalue weighted by Gasteiger charge is 2.49. The number of carbonyl (C=O) groups excluding carboxylic acids is 1. The first-order chi connectivity index (χ1) is 14.9. The van der Waals surface area contributed by atoms with Gasteiger partial charge in [-0.2, -0.15) is 9.57 Å². The second-order valence-corrected chi connectivity index (χ2v) is 9.29. The van der Waals surface area contributed by atoms with Gasteiger partial charge < -0.3 is 9.47 Å². The van der Waals surface area contributed by atoms with Crippen molar-refractivity contribution in [3.63, 3.8) is 0 Å². The Bertz CT molecular complexity index is 1100. The van der Waals surface area contributed by atoms with Crippen LogP contribution in [0.2, 0.25) is 0 Å². The van der Waals surface area contributed by atoms with E-state index in [1.807, 2.05) is 6.07 Å². The van der Waals surface area contributed by atoms with Gasteiger partial charge in [-0.3, -0.25) is 10.0 Å². The lowest BCUT2D eigenvalue weighted by atomic mass is 9.87. The van der Waals surface area contributed by atoms with Crippen LogP contribution in [0.3, 0.4) is 0 Å². The van der Waals surface area contributed by atoms with Gasteiger partial charge in [-0.15, -0.1) is 0 Å². The number of hydroxylamine groups is 1. The SMILES string of the molecule is N#Cc1ccc(Oc2ccc(S(=O)(=O)N3CC[C@H]4OCC[C@H]4[C@H]3C(=O)NO)cc2)cc1. The summed E-state index contributed by atoms with van der Waals surface area (Å²) in [6, 6.07) is 13.4. The van der Waals surface area contributed by atoms with Gasteiger partial charge >= 0.3 is 0 Å². The van der Waals surface area contributed by atoms with Crippen molar-refractivity contribution in [2.24, 2.45) is 5.92 Å². The number of rotatable bonds is 5. The molecule has 2 aromatic carbocycles. The molecule has 0 saturated carbocycles. The molecule has 0 aromatic heterocycles. The second kappa shape index (κ2) is 8.64. The third-order valence-electron chi connectivity index (χ3n) is 5.64. The molecule has 1 amide bonds. The molecule has 2 aromatic rings. The number of ether oxygens (including phenoxy) is 2. The molecule has 0 aliphatic carbocycles. The van der Waals surface area contributed by atoms with E-state index < -0.39 is 22.0 Å². The Kier molecular flexibility index (Phi) is 5.93. The molecule has 2 aliphatic heterocycles. The van der Waals surface area contributed by atoms with Gasteiger partial charge in [0.2, 0.25) is 10.0 Å². The zero-order chi connectivity index (χ0) is 22.0. The fourth-order valence-electron chi connectivity index (χ4n) is 4.14. The third kappa shape index (κ3) is 4.13. The largest absolute Gasteiger partial charge is 0.457 e. The topological polar surface area (TPSA) is 129 Å². The summed E-state index contributed by atoms with van der Waals surface area (Å²) in [6.45, 7) is 0.574. The van der Waals surface area contributed by atoms with Gasteiger partial charge in [-0.05, 0) is 61.4 Å². The molecule has 2 aliphatic rings. The Morgan fingerprint density at radius 1 is 1.13 bits per heavy atom. The highest BCUT2D eigenvalue weighted by atomic mass is 32.2. The van der Waals surface area contributed by atoms with E-state index in [2.05, 4.69) is 0 Å². The maximum absolute atomic E-state index is 13.3. The molecular weight excluding hydrogens is 422 g/mol. The summed E-state index contributed by atoms with van der Waals surface area (Å²) in [5.74, 6) is -0.131. The lowest BCUT2D eigenvalue weighted by Crippen LogP contribution is -2.58. The first-order valence-electron chi connectivity index (χ1n) is 9.79. The summed E-state index contributed by atoms with van der Waals surface area (Å²) in [5.41, 5.74) is 2.11. The predicted molar refractivity (Wildman–Crippen MR) is 108 cm³/mol. The first kappa shape index (κ1) is 21.3. The zero-order valence-corrected chi connectivity index (χ0v) is 17.3. The van der Waals surface area contributed by atoms with Crippen molar-refractivity contribution in [2.45, 2.75) is 29.9 Å². The number of nitriles is 1. The molecule has 0 bridgehead atoms. The van der Waals surface area contributed by atoms with Crippen LogP contribution in [-0.2, 0) is 19.6 Å². The van der Waals surface area contributed by atoms with Crippen LogP contribution in [0.15, 0.2) is 53.4 Å². The van der Waals surface area contributed by atoms with Gasteiger partial charge in [-0.1, -0.05) is 0 Å². The maximum Gasteiger partial charge on any atom is 0.262 e. The van der Waals surface area contributed by atoms with Crippen molar-refractivity contribution in [1.82, 2.24) is 9.79 Å². The van der Waals surface area contributed by atoms with Gasteiger partial charge in [0.1, 0.15) is 17.5 Å². The lowest BCUT2D eigenvalue weighted by Gasteiger charge is -2.39. The molecule has 3 atom stereocenters. The third-order valence-corrected chi connectivity index (χ3v) is 7.53. The number of piperidine rings is 1. The predicted octanol–water partition coefficient (Wildman–Crippen LogP) is 2.02. The monoisotopic (exact) mass is 443 g/mol. The van der Waals surface area contributed by atoms with Crippen molar-refractivity contribution < 1.29 is 27.9 Å². The van der Waals surface area contributed by atoms with E-state index in [4.69, 9.17) is 14.7 Å². The number of benzene rings is 2. The number of fused-ring (bicyclic) bond motifs is 1. The Morgan fingerprint density at radius 3 is 2.39 bits per heavy atom. The van der Waals surface area contributed by atoms with Gasteiger partial charge in [0.25, 0.3) is 5.91 Å². The molecular formula is C21H21N3O6S. The molecule has 0 radical (unpaired) electrons. The first-order valence-corrected chi connectivity index (χ1v) is 11.2. The normalized spacial score (nSPS) is 23.5. The molecule has 2 heterocycles. The fraction of sp³-hybridized carbons (Fsp3) is 0.333. The van der Waals surface area contributed by atoms with Crippen LogP contribution >= 0.6 is 0 Å². The van der Waals surface area contributed by atoms with E-state index in [1.54, 1.807) is 29.7 Å². The average Bonchev–Trinajstić information content (AvgIpc) is 3.27. The number of carbonyl (C=O) groups is 1. The Morgan fingerprint density at radius 2 is 1.77 bits per heavy atom. The maximum atomic E-state index is 13.3. The molecule has 2 fully saturated rings. The van der Waals surface area contributed by atoms with E-state index in [-0.39, 0.29) is 23.5 Å². The standard InChI is InChI=1S/C21H21N3O6S/c22-13-14-1-3-15(4-2-14)30-16-5-7-17(8-6-16)31(27,28)24-11-9-19-18(10-12-29-19)20(24)21(25)23-26/h1-8,18-20,26H,9-12H2,(H,23,25)/t18-,19-,20+/m1/s1. The number of nitrogens with zero attached hydrogens (tertiary/aromatic N) is 2. The van der Waals surface area contributed by atoms with E-state index >= 15 is 0 Å². The lowest BCUT2D eigenvalue weighted by molar-refractivity contribution is -0.137. The number of nitrogens with one attached hydrogen (secondary N) is 1. The molecule has 0 spiro atoms. The molecule has 31 heavy (non-hydrogen) atoms. The quantitative estimate of drug-likeness (QED) is 0.534. The summed E-state index contributed by atoms with van der Waals surface area (Å²) in [4.78, 5) is 12.4. The van der Waals surface area contributed by atoms with E-state index in [0.29, 0.717) is 36.5 Å². The van der Waals surface area contributed by atoms with Crippen molar-refractivity contribution in [2.75, 3.05) is 13.2 Å². The molecule has 162 valence electrons. The average molecular weight is 443 g/mol. The van der Waals surface area contributed by atoms with Crippen LogP contribution in [0.4, 0.5) is 0 Å². The molecule has 2 saturated heterocycles. The van der Waals surface area contributed by atoms with Gasteiger partial charge in [0.05, 0.1) is 22.6 Å². The Balaban J connectivity index is 1.56. The van der Waals surface area contributed by atoms with Crippen molar-refractivity contribution >= 4 is 15.9 Å². The summed E-state index contributed by atoms with van der Waals surface area (Å²) in [5, 5.41) is 18.0. The molecule has 0 unspecified atom stereocenters. The summed E-state index contributed by atoms with van der Waals surface area (Å²) in [6.07, 6.45) is 0.836. The van der Waals surface area contributed by atoms with Crippen LogP contribution in [0.25, 0.3) is 0 Å². The van der Waals surface area contributed by atoms with Crippen molar-refractivity contribution in [3.8, 4) is 17.6 Å². The minimum absolute atomic E-state index is 0.0211. The van der Waals surface area contributed by atoms with Crippen LogP contribution in [-0.4, -0.2) is 49.1 Å². The highest BCUT2D eigenvalue weighted by Crippen LogP contribution is 2.37. The van der Waals surface area contributed by atoms with E-state index in [1.165, 1.54) is 24.3 Å². The van der Waals surface area contributed by atoms with E-state index in [9.17, 15) is 18.4 Å². The summed E-state index contributed by atoms with van der Waals surface area (Å²) >= 11 is 0. The smallest absolute Gasteiger partial charge is 0.262 e. The second-order valence-electron chi connectivity index (χ2n) is 7.40. The Labute approximate surface area is 179 Å². The number of sulfonamides is 1. The Hall–Kier alpha value is -2.97. The van der Waals surface area contributed by atoms with Crippen LogP contribution in [0, 0.1) is 17.2 Å². The van der Waals surface area contributed by atoms with Gasteiger partial charge in [0, 0.05) is 19.1 Å². The number of hydrogen-bond acceptors (Lipinski definition) is 7. The molecule has 4 rings (SSSR count). The van der Waals surface area contributed by atoms with Gasteiger partial charge in [-0.25, -0.2) is 13.9 Å². The number of amides is 1. The number of hydrogen-bond donors (Lipinski definition) is 2. The molecule has 10 heteroatoms. The van der Waals surface area contributed by atoms with Crippen LogP contribution in [0.1, 0.15) is 18.4 Å². The zero-order valence-electron chi connectivity index (χ0n) is 16.5.